The molecule has 4 rings (SSSR count). The Hall–Kier alpha value is -3.16. The van der Waals surface area contributed by atoms with Crippen molar-refractivity contribution in [2.75, 3.05) is 7.11 Å². The second-order valence-corrected chi connectivity index (χ2v) is 9.65. The molecule has 33 heavy (non-hydrogen) atoms. The van der Waals surface area contributed by atoms with E-state index in [-0.39, 0.29) is 42.3 Å². The Labute approximate surface area is 194 Å². The molecule has 1 fully saturated rings. The van der Waals surface area contributed by atoms with Gasteiger partial charge in [0.15, 0.2) is 5.69 Å². The number of esters is 1. The van der Waals surface area contributed by atoms with Crippen LogP contribution >= 0.6 is 0 Å². The summed E-state index contributed by atoms with van der Waals surface area (Å²) in [7, 11) is 1.27. The van der Waals surface area contributed by atoms with E-state index in [1.54, 1.807) is 11.8 Å². The summed E-state index contributed by atoms with van der Waals surface area (Å²) in [4.78, 5) is 40.9. The molecular formula is C25H32N4O4. The first-order valence-electron chi connectivity index (χ1n) is 11.6. The highest BCUT2D eigenvalue weighted by atomic mass is 16.5. The first-order valence-corrected chi connectivity index (χ1v) is 11.6. The van der Waals surface area contributed by atoms with E-state index < -0.39 is 11.5 Å². The molecule has 2 amide bonds. The zero-order chi connectivity index (χ0) is 23.8. The molecule has 2 heterocycles. The molecule has 2 aliphatic rings. The van der Waals surface area contributed by atoms with Crippen molar-refractivity contribution in [3.05, 3.63) is 52.8 Å². The summed E-state index contributed by atoms with van der Waals surface area (Å²) in [6, 6.07) is 9.45. The predicted molar refractivity (Wildman–Crippen MR) is 123 cm³/mol. The monoisotopic (exact) mass is 452 g/mol. The molecule has 8 heteroatoms. The molecule has 0 unspecified atom stereocenters. The molecule has 2 aromatic rings. The minimum Gasteiger partial charge on any atom is -0.464 e. The maximum Gasteiger partial charge on any atom is 0.358 e. The predicted octanol–water partition coefficient (Wildman–Crippen LogP) is 3.09. The topological polar surface area (TPSA) is 93.5 Å². The number of benzene rings is 1. The third-order valence-electron chi connectivity index (χ3n) is 6.96. The molecule has 1 aromatic heterocycles. The highest BCUT2D eigenvalue weighted by Crippen LogP contribution is 2.31. The van der Waals surface area contributed by atoms with Gasteiger partial charge in [0.05, 0.1) is 13.7 Å². The smallest absolute Gasteiger partial charge is 0.358 e. The fourth-order valence-electron chi connectivity index (χ4n) is 4.83. The number of methoxy groups -OCH3 is 1. The van der Waals surface area contributed by atoms with E-state index in [2.05, 4.69) is 17.3 Å². The van der Waals surface area contributed by atoms with Crippen LogP contribution in [0.2, 0.25) is 0 Å². The fraction of sp³-hybridized carbons (Fsp3) is 0.520. The van der Waals surface area contributed by atoms with Crippen LogP contribution in [0.4, 0.5) is 0 Å². The van der Waals surface area contributed by atoms with E-state index in [0.717, 1.165) is 36.8 Å². The van der Waals surface area contributed by atoms with Gasteiger partial charge in [0.2, 0.25) is 5.91 Å². The van der Waals surface area contributed by atoms with Crippen LogP contribution in [0, 0.1) is 12.8 Å². The van der Waals surface area contributed by atoms with Crippen LogP contribution in [0.15, 0.2) is 30.3 Å². The van der Waals surface area contributed by atoms with Gasteiger partial charge < -0.3 is 15.0 Å². The number of hydrogen-bond donors (Lipinski definition) is 1. The highest BCUT2D eigenvalue weighted by molar-refractivity contribution is 6.01. The van der Waals surface area contributed by atoms with Crippen LogP contribution in [0.5, 0.6) is 0 Å². The number of ether oxygens (including phenoxy) is 1. The van der Waals surface area contributed by atoms with Crippen molar-refractivity contribution in [2.45, 2.75) is 71.1 Å². The molecule has 176 valence electrons. The molecule has 0 bridgehead atoms. The molecule has 0 radical (unpaired) electrons. The number of aryl methyl sites for hydroxylation is 1. The Morgan fingerprint density at radius 1 is 1.21 bits per heavy atom. The van der Waals surface area contributed by atoms with Gasteiger partial charge in [-0.05, 0) is 51.0 Å². The van der Waals surface area contributed by atoms with Crippen molar-refractivity contribution in [1.82, 2.24) is 20.0 Å². The molecular weight excluding hydrogens is 420 g/mol. The number of fused-ring (bicyclic) bond motifs is 1. The van der Waals surface area contributed by atoms with E-state index in [0.29, 0.717) is 5.92 Å². The van der Waals surface area contributed by atoms with Crippen molar-refractivity contribution in [2.24, 2.45) is 5.92 Å². The van der Waals surface area contributed by atoms with Crippen LogP contribution in [0.25, 0.3) is 0 Å². The lowest BCUT2D eigenvalue weighted by atomic mass is 9.86. The highest BCUT2D eigenvalue weighted by Gasteiger charge is 2.48. The average Bonchev–Trinajstić information content (AvgIpc) is 3.21. The van der Waals surface area contributed by atoms with Gasteiger partial charge in [-0.1, -0.05) is 36.8 Å². The summed E-state index contributed by atoms with van der Waals surface area (Å²) < 4.78 is 6.24. The van der Waals surface area contributed by atoms with E-state index >= 15 is 0 Å². The summed E-state index contributed by atoms with van der Waals surface area (Å²) in [5.41, 5.74) is 1.20. The second-order valence-electron chi connectivity index (χ2n) is 9.65. The number of nitrogens with zero attached hydrogens (tertiary/aromatic N) is 3. The average molecular weight is 453 g/mol. The Morgan fingerprint density at radius 2 is 1.94 bits per heavy atom. The molecule has 1 N–H and O–H groups in total. The molecule has 1 atom stereocenters. The van der Waals surface area contributed by atoms with E-state index in [1.807, 2.05) is 31.2 Å². The van der Waals surface area contributed by atoms with Crippen LogP contribution in [0.1, 0.15) is 71.6 Å². The largest absolute Gasteiger partial charge is 0.464 e. The Bertz CT molecular complexity index is 1070. The van der Waals surface area contributed by atoms with Crippen molar-refractivity contribution in [3.63, 3.8) is 0 Å². The number of carbonyl (C=O) groups excluding carboxylic acids is 3. The van der Waals surface area contributed by atoms with Crippen LogP contribution in [-0.4, -0.2) is 51.2 Å². The third kappa shape index (κ3) is 4.51. The Morgan fingerprint density at radius 3 is 2.61 bits per heavy atom. The van der Waals surface area contributed by atoms with Gasteiger partial charge >= 0.3 is 5.97 Å². The van der Waals surface area contributed by atoms with Crippen LogP contribution < -0.4 is 5.32 Å². The number of hydrogen-bond acceptors (Lipinski definition) is 5. The van der Waals surface area contributed by atoms with E-state index in [1.165, 1.54) is 17.9 Å². The fourth-order valence-corrected chi connectivity index (χ4v) is 4.83. The Kier molecular flexibility index (Phi) is 6.28. The lowest BCUT2D eigenvalue weighted by Gasteiger charge is -2.44. The van der Waals surface area contributed by atoms with Gasteiger partial charge in [0.1, 0.15) is 11.2 Å². The summed E-state index contributed by atoms with van der Waals surface area (Å²) in [6.45, 7) is 6.46. The maximum absolute atomic E-state index is 13.7. The number of nitrogens with one attached hydrogen (secondary N) is 1. The van der Waals surface area contributed by atoms with Crippen molar-refractivity contribution in [3.8, 4) is 0 Å². The quantitative estimate of drug-likeness (QED) is 0.704. The number of aromatic nitrogens is 2. The molecule has 0 spiro atoms. The summed E-state index contributed by atoms with van der Waals surface area (Å²) >= 11 is 0. The zero-order valence-corrected chi connectivity index (χ0v) is 19.8. The van der Waals surface area contributed by atoms with Crippen molar-refractivity contribution < 1.29 is 19.1 Å². The molecule has 0 saturated heterocycles. The number of carbonyl (C=O) groups is 3. The summed E-state index contributed by atoms with van der Waals surface area (Å²) in [5.74, 6) is -0.465. The minimum atomic E-state index is -1.16. The van der Waals surface area contributed by atoms with Crippen molar-refractivity contribution >= 4 is 17.8 Å². The second kappa shape index (κ2) is 9.00. The minimum absolute atomic E-state index is 0.0577. The zero-order valence-electron chi connectivity index (χ0n) is 19.8. The lowest BCUT2D eigenvalue weighted by Crippen LogP contribution is -2.64. The molecule has 1 saturated carbocycles. The van der Waals surface area contributed by atoms with Gasteiger partial charge in [-0.3, -0.25) is 14.3 Å². The van der Waals surface area contributed by atoms with Gasteiger partial charge in [0, 0.05) is 18.7 Å². The lowest BCUT2D eigenvalue weighted by molar-refractivity contribution is -0.134. The normalized spacial score (nSPS) is 24.8. The Balaban J connectivity index is 1.67. The summed E-state index contributed by atoms with van der Waals surface area (Å²) in [6.07, 6.45) is 4.04. The number of rotatable bonds is 5. The van der Waals surface area contributed by atoms with Crippen LogP contribution in [-0.2, 0) is 22.6 Å². The maximum atomic E-state index is 13.7. The summed E-state index contributed by atoms with van der Waals surface area (Å²) in [5, 5.41) is 7.48. The first-order chi connectivity index (χ1) is 15.7. The van der Waals surface area contributed by atoms with Gasteiger partial charge in [-0.25, -0.2) is 4.79 Å². The van der Waals surface area contributed by atoms with Gasteiger partial charge in [-0.2, -0.15) is 5.10 Å². The molecule has 1 aliphatic carbocycles. The van der Waals surface area contributed by atoms with Crippen LogP contribution in [0.3, 0.4) is 0 Å². The van der Waals surface area contributed by atoms with E-state index in [4.69, 9.17) is 4.74 Å². The molecule has 1 aromatic carbocycles. The van der Waals surface area contributed by atoms with Gasteiger partial charge in [0.25, 0.3) is 5.91 Å². The van der Waals surface area contributed by atoms with Gasteiger partial charge in [-0.15, -0.1) is 0 Å². The molecule has 8 nitrogen and oxygen atoms in total. The van der Waals surface area contributed by atoms with Crippen molar-refractivity contribution in [1.29, 1.82) is 0 Å². The standard InChI is InChI=1S/C25H32N4O4/c1-16-8-10-19(11-9-16)26-24(32)25(3)15-29-21(13-20(27-29)23(31)33-4)22(30)28(25)14-18-7-5-6-17(2)12-18/h5-7,12-13,16,19H,8-11,14-15H2,1-4H3,(H,26,32)/t16?,19?,25-/m0/s1. The first kappa shape index (κ1) is 23.0. The third-order valence-corrected chi connectivity index (χ3v) is 6.96. The molecule has 1 aliphatic heterocycles. The SMILES string of the molecule is COC(=O)c1cc2n(n1)C[C@@](C)(C(=O)NC1CCC(C)CC1)N(Cc1cccc(C)c1)C2=O. The number of amides is 2. The van der Waals surface area contributed by atoms with E-state index in [9.17, 15) is 14.4 Å².